The van der Waals surface area contributed by atoms with Gasteiger partial charge in [0.25, 0.3) is 0 Å². The molecule has 0 saturated carbocycles. The molecule has 0 rings (SSSR count). The van der Waals surface area contributed by atoms with Crippen LogP contribution in [-0.2, 0) is 9.53 Å². The maximum atomic E-state index is 10.5. The maximum Gasteiger partial charge on any atom is 0.302 e. The molecule has 0 spiro atoms. The first kappa shape index (κ1) is 14.2. The summed E-state index contributed by atoms with van der Waals surface area (Å²) in [6.45, 7) is 12.7. The molecule has 0 amide bonds. The molecule has 0 aromatic heterocycles. The summed E-state index contributed by atoms with van der Waals surface area (Å²) >= 11 is 0. The van der Waals surface area contributed by atoms with Crippen molar-refractivity contribution < 1.29 is 9.53 Å². The Morgan fingerprint density at radius 2 is 1.87 bits per heavy atom. The molecule has 0 atom stereocenters. The van der Waals surface area contributed by atoms with Gasteiger partial charge in [0.15, 0.2) is 0 Å². The lowest BCUT2D eigenvalue weighted by atomic mass is 9.87. The van der Waals surface area contributed by atoms with Crippen molar-refractivity contribution in [3.8, 4) is 0 Å². The first-order chi connectivity index (χ1) is 6.81. The smallest absolute Gasteiger partial charge is 0.302 e. The third kappa shape index (κ3) is 11.1. The highest BCUT2D eigenvalue weighted by atomic mass is 16.5. The summed E-state index contributed by atoms with van der Waals surface area (Å²) in [4.78, 5) is 10.5. The molecular formula is C13H24O2. The lowest BCUT2D eigenvalue weighted by Gasteiger charge is -2.19. The molecule has 0 aliphatic rings. The van der Waals surface area contributed by atoms with Crippen LogP contribution in [0.1, 0.15) is 53.4 Å². The van der Waals surface area contributed by atoms with Crippen LogP contribution >= 0.6 is 0 Å². The highest BCUT2D eigenvalue weighted by Gasteiger charge is 2.11. The first-order valence-corrected chi connectivity index (χ1v) is 5.61. The lowest BCUT2D eigenvalue weighted by Crippen LogP contribution is -2.06. The van der Waals surface area contributed by atoms with E-state index < -0.39 is 0 Å². The number of unbranched alkanes of at least 4 members (excludes halogenated alkanes) is 1. The molecule has 0 aromatic carbocycles. The zero-order chi connectivity index (χ0) is 11.9. The Balaban J connectivity index is 3.44. The Morgan fingerprint density at radius 1 is 1.27 bits per heavy atom. The number of esters is 1. The summed E-state index contributed by atoms with van der Waals surface area (Å²) < 4.78 is 4.86. The average molecular weight is 212 g/mol. The van der Waals surface area contributed by atoms with Gasteiger partial charge in [0.2, 0.25) is 0 Å². The summed E-state index contributed by atoms with van der Waals surface area (Å²) in [5, 5.41) is 0. The summed E-state index contributed by atoms with van der Waals surface area (Å²) in [6.07, 6.45) is 4.10. The van der Waals surface area contributed by atoms with Crippen molar-refractivity contribution in [2.45, 2.75) is 53.4 Å². The van der Waals surface area contributed by atoms with Crippen LogP contribution in [0.15, 0.2) is 12.2 Å². The number of carbonyl (C=O) groups excluding carboxylic acids is 1. The van der Waals surface area contributed by atoms with Gasteiger partial charge in [-0.1, -0.05) is 32.9 Å². The number of hydrogen-bond acceptors (Lipinski definition) is 2. The molecule has 0 bridgehead atoms. The molecule has 88 valence electrons. The van der Waals surface area contributed by atoms with Gasteiger partial charge >= 0.3 is 5.97 Å². The van der Waals surface area contributed by atoms with Gasteiger partial charge in [0.05, 0.1) is 6.61 Å². The van der Waals surface area contributed by atoms with Crippen molar-refractivity contribution in [2.75, 3.05) is 6.61 Å². The fraction of sp³-hybridized carbons (Fsp3) is 0.769. The second kappa shape index (κ2) is 6.65. The third-order valence-corrected chi connectivity index (χ3v) is 2.01. The second-order valence-electron chi connectivity index (χ2n) is 5.28. The quantitative estimate of drug-likeness (QED) is 0.381. The van der Waals surface area contributed by atoms with Crippen LogP contribution in [0.2, 0.25) is 0 Å². The van der Waals surface area contributed by atoms with Crippen molar-refractivity contribution >= 4 is 5.97 Å². The molecule has 0 radical (unpaired) electrons. The Kier molecular flexibility index (Phi) is 6.30. The van der Waals surface area contributed by atoms with Gasteiger partial charge in [-0.05, 0) is 31.1 Å². The minimum atomic E-state index is -0.191. The van der Waals surface area contributed by atoms with E-state index in [0.29, 0.717) is 12.0 Å². The molecule has 0 aliphatic carbocycles. The summed E-state index contributed by atoms with van der Waals surface area (Å²) in [6, 6.07) is 0. The monoisotopic (exact) mass is 212 g/mol. The van der Waals surface area contributed by atoms with E-state index in [1.807, 2.05) is 0 Å². The Hall–Kier alpha value is -0.790. The molecule has 15 heavy (non-hydrogen) atoms. The van der Waals surface area contributed by atoms with E-state index >= 15 is 0 Å². The van der Waals surface area contributed by atoms with Crippen molar-refractivity contribution in [3.63, 3.8) is 0 Å². The number of hydrogen-bond donors (Lipinski definition) is 0. The minimum Gasteiger partial charge on any atom is -0.466 e. The summed E-state index contributed by atoms with van der Waals surface area (Å²) in [7, 11) is 0. The van der Waals surface area contributed by atoms with E-state index in [2.05, 4.69) is 27.4 Å². The van der Waals surface area contributed by atoms with E-state index in [1.165, 1.54) is 12.5 Å². The topological polar surface area (TPSA) is 26.3 Å². The van der Waals surface area contributed by atoms with Gasteiger partial charge in [-0.2, -0.15) is 0 Å². The van der Waals surface area contributed by atoms with Crippen LogP contribution in [0, 0.1) is 5.41 Å². The van der Waals surface area contributed by atoms with E-state index in [0.717, 1.165) is 25.7 Å². The number of allylic oxidation sites excluding steroid dienone is 1. The SMILES string of the molecule is C=C(CCCCOC(C)=O)CC(C)(C)C. The highest BCUT2D eigenvalue weighted by Crippen LogP contribution is 2.25. The number of rotatable bonds is 6. The van der Waals surface area contributed by atoms with Gasteiger partial charge in [-0.15, -0.1) is 0 Å². The number of carbonyl (C=O) groups is 1. The average Bonchev–Trinajstić information content (AvgIpc) is 1.99. The molecular weight excluding hydrogens is 188 g/mol. The molecule has 0 unspecified atom stereocenters. The van der Waals surface area contributed by atoms with Crippen LogP contribution in [0.4, 0.5) is 0 Å². The summed E-state index contributed by atoms with van der Waals surface area (Å²) in [5.41, 5.74) is 1.62. The molecule has 2 nitrogen and oxygen atoms in total. The molecule has 0 aliphatic heterocycles. The van der Waals surface area contributed by atoms with E-state index in [4.69, 9.17) is 4.74 Å². The van der Waals surface area contributed by atoms with Gasteiger partial charge in [0, 0.05) is 6.92 Å². The highest BCUT2D eigenvalue weighted by molar-refractivity contribution is 5.65. The van der Waals surface area contributed by atoms with Crippen LogP contribution in [-0.4, -0.2) is 12.6 Å². The minimum absolute atomic E-state index is 0.191. The Bertz CT molecular complexity index is 211. The fourth-order valence-electron chi connectivity index (χ4n) is 1.53. The predicted octanol–water partition coefficient (Wildman–Crippen LogP) is 3.71. The van der Waals surface area contributed by atoms with Crippen LogP contribution in [0.5, 0.6) is 0 Å². The molecule has 0 N–H and O–H groups in total. The zero-order valence-electron chi connectivity index (χ0n) is 10.6. The Morgan fingerprint density at radius 3 is 2.33 bits per heavy atom. The van der Waals surface area contributed by atoms with Crippen LogP contribution in [0.3, 0.4) is 0 Å². The lowest BCUT2D eigenvalue weighted by molar-refractivity contribution is -0.141. The van der Waals surface area contributed by atoms with Gasteiger partial charge in [0.1, 0.15) is 0 Å². The van der Waals surface area contributed by atoms with E-state index in [-0.39, 0.29) is 5.97 Å². The largest absolute Gasteiger partial charge is 0.466 e. The van der Waals surface area contributed by atoms with Crippen molar-refractivity contribution in [1.29, 1.82) is 0 Å². The molecule has 2 heteroatoms. The predicted molar refractivity (Wildman–Crippen MR) is 63.7 cm³/mol. The van der Waals surface area contributed by atoms with Crippen LogP contribution in [0.25, 0.3) is 0 Å². The van der Waals surface area contributed by atoms with E-state index in [1.54, 1.807) is 0 Å². The zero-order valence-corrected chi connectivity index (χ0v) is 10.6. The normalized spacial score (nSPS) is 11.2. The standard InChI is InChI=1S/C13H24O2/c1-11(10-13(3,4)5)8-6-7-9-15-12(2)14/h1,6-10H2,2-5H3. The van der Waals surface area contributed by atoms with E-state index in [9.17, 15) is 4.79 Å². The van der Waals surface area contributed by atoms with Crippen molar-refractivity contribution in [3.05, 3.63) is 12.2 Å². The summed E-state index contributed by atoms with van der Waals surface area (Å²) in [5.74, 6) is -0.191. The van der Waals surface area contributed by atoms with Crippen LogP contribution < -0.4 is 0 Å². The third-order valence-electron chi connectivity index (χ3n) is 2.01. The number of ether oxygens (including phenoxy) is 1. The van der Waals surface area contributed by atoms with Crippen molar-refractivity contribution in [2.24, 2.45) is 5.41 Å². The Labute approximate surface area is 93.7 Å². The van der Waals surface area contributed by atoms with Gasteiger partial charge in [-0.25, -0.2) is 0 Å². The molecule has 0 heterocycles. The fourth-order valence-corrected chi connectivity index (χ4v) is 1.53. The molecule has 0 aromatic rings. The van der Waals surface area contributed by atoms with Gasteiger partial charge < -0.3 is 4.74 Å². The first-order valence-electron chi connectivity index (χ1n) is 5.61. The van der Waals surface area contributed by atoms with Gasteiger partial charge in [-0.3, -0.25) is 4.79 Å². The second-order valence-corrected chi connectivity index (χ2v) is 5.28. The maximum absolute atomic E-state index is 10.5. The van der Waals surface area contributed by atoms with Crippen molar-refractivity contribution in [1.82, 2.24) is 0 Å². The molecule has 0 saturated heterocycles. The molecule has 0 fully saturated rings.